The monoisotopic (exact) mass is 292 g/mol. The van der Waals surface area contributed by atoms with Crippen LogP contribution in [-0.2, 0) is 0 Å². The van der Waals surface area contributed by atoms with Crippen molar-refractivity contribution in [1.29, 1.82) is 0 Å². The Morgan fingerprint density at radius 3 is 2.43 bits per heavy atom. The quantitative estimate of drug-likeness (QED) is 0.928. The van der Waals surface area contributed by atoms with E-state index in [1.165, 1.54) is 31.7 Å². The lowest BCUT2D eigenvalue weighted by atomic mass is 10.1. The molecule has 1 aliphatic heterocycles. The zero-order valence-corrected chi connectivity index (χ0v) is 12.8. The third-order valence-electron chi connectivity index (χ3n) is 4.94. The number of piperazine rings is 1. The third kappa shape index (κ3) is 3.06. The summed E-state index contributed by atoms with van der Waals surface area (Å²) in [5.74, 6) is -0.305. The Morgan fingerprint density at radius 1 is 1.14 bits per heavy atom. The molecular weight excluding hydrogens is 267 g/mol. The molecule has 3 rings (SSSR count). The molecule has 2 aliphatic rings. The molecule has 0 radical (unpaired) electrons. The molecule has 2 fully saturated rings. The van der Waals surface area contributed by atoms with E-state index in [2.05, 4.69) is 9.80 Å². The van der Waals surface area contributed by atoms with Crippen molar-refractivity contribution in [3.63, 3.8) is 0 Å². The highest BCUT2D eigenvalue weighted by atomic mass is 19.1. The fourth-order valence-electron chi connectivity index (χ4n) is 3.81. The maximum atomic E-state index is 14.0. The number of anilines is 1. The number of benzene rings is 1. The van der Waals surface area contributed by atoms with E-state index in [4.69, 9.17) is 0 Å². The highest BCUT2D eigenvalue weighted by molar-refractivity contribution is 5.55. The summed E-state index contributed by atoms with van der Waals surface area (Å²) < 4.78 is 14.0. The van der Waals surface area contributed by atoms with Crippen LogP contribution in [0.2, 0.25) is 0 Å². The molecule has 3 nitrogen and oxygen atoms in total. The number of halogens is 1. The van der Waals surface area contributed by atoms with E-state index < -0.39 is 6.10 Å². The Balaban J connectivity index is 1.70. The van der Waals surface area contributed by atoms with E-state index in [1.807, 2.05) is 6.07 Å². The standard InChI is InChI=1S/C17H25FN2O/c1-13(21)17-15(18)7-4-8-16(17)20-11-9-19(10-12-20)14-5-2-3-6-14/h4,7-8,13-14,21H,2-3,5-6,9-12H2,1H3/t13-/m0/s1. The molecule has 21 heavy (non-hydrogen) atoms. The highest BCUT2D eigenvalue weighted by Gasteiger charge is 2.27. The Hall–Kier alpha value is -1.13. The first-order valence-corrected chi connectivity index (χ1v) is 8.12. The largest absolute Gasteiger partial charge is 0.389 e. The molecule has 116 valence electrons. The van der Waals surface area contributed by atoms with Crippen molar-refractivity contribution < 1.29 is 9.50 Å². The van der Waals surface area contributed by atoms with E-state index in [0.717, 1.165) is 37.9 Å². The summed E-state index contributed by atoms with van der Waals surface area (Å²) in [6, 6.07) is 5.85. The van der Waals surface area contributed by atoms with Gasteiger partial charge in [0.25, 0.3) is 0 Å². The molecule has 1 aromatic rings. The van der Waals surface area contributed by atoms with Crippen LogP contribution in [0.1, 0.15) is 44.3 Å². The summed E-state index contributed by atoms with van der Waals surface area (Å²) >= 11 is 0. The van der Waals surface area contributed by atoms with E-state index in [9.17, 15) is 9.50 Å². The van der Waals surface area contributed by atoms with Crippen LogP contribution < -0.4 is 4.90 Å². The van der Waals surface area contributed by atoms with Gasteiger partial charge in [0.15, 0.2) is 0 Å². The third-order valence-corrected chi connectivity index (χ3v) is 4.94. The molecule has 1 aliphatic carbocycles. The predicted octanol–water partition coefficient (Wildman–Crippen LogP) is 2.94. The van der Waals surface area contributed by atoms with Gasteiger partial charge in [0.2, 0.25) is 0 Å². The van der Waals surface area contributed by atoms with Crippen molar-refractivity contribution in [3.8, 4) is 0 Å². The van der Waals surface area contributed by atoms with Crippen LogP contribution in [0.25, 0.3) is 0 Å². The van der Waals surface area contributed by atoms with E-state index in [0.29, 0.717) is 5.56 Å². The van der Waals surface area contributed by atoms with Gasteiger partial charge in [-0.3, -0.25) is 4.90 Å². The van der Waals surface area contributed by atoms with Gasteiger partial charge >= 0.3 is 0 Å². The SMILES string of the molecule is C[C@H](O)c1c(F)cccc1N1CCN(C2CCCC2)CC1. The first-order chi connectivity index (χ1) is 10.2. The Kier molecular flexibility index (Phi) is 4.45. The van der Waals surface area contributed by atoms with Crippen LogP contribution in [-0.4, -0.2) is 42.2 Å². The number of rotatable bonds is 3. The molecule has 0 aromatic heterocycles. The Labute approximate surface area is 126 Å². The van der Waals surface area contributed by atoms with Crippen LogP contribution in [0.3, 0.4) is 0 Å². The second-order valence-electron chi connectivity index (χ2n) is 6.31. The lowest BCUT2D eigenvalue weighted by Crippen LogP contribution is -2.50. The van der Waals surface area contributed by atoms with Crippen molar-refractivity contribution in [2.45, 2.75) is 44.8 Å². The van der Waals surface area contributed by atoms with E-state index in [-0.39, 0.29) is 5.82 Å². The molecule has 0 amide bonds. The number of hydrogen-bond acceptors (Lipinski definition) is 3. The van der Waals surface area contributed by atoms with Crippen LogP contribution in [0, 0.1) is 5.82 Å². The molecule has 1 N–H and O–H groups in total. The highest BCUT2D eigenvalue weighted by Crippen LogP contribution is 2.31. The Morgan fingerprint density at radius 2 is 1.81 bits per heavy atom. The maximum absolute atomic E-state index is 14.0. The van der Waals surface area contributed by atoms with Gasteiger partial charge in [-0.25, -0.2) is 4.39 Å². The second kappa shape index (κ2) is 6.32. The molecule has 4 heteroatoms. The minimum atomic E-state index is -0.769. The van der Waals surface area contributed by atoms with Crippen molar-refractivity contribution in [1.82, 2.24) is 4.90 Å². The fourth-order valence-corrected chi connectivity index (χ4v) is 3.81. The molecule has 1 aromatic carbocycles. The second-order valence-corrected chi connectivity index (χ2v) is 6.31. The number of hydrogen-bond donors (Lipinski definition) is 1. The summed E-state index contributed by atoms with van der Waals surface area (Å²) in [4.78, 5) is 4.81. The minimum absolute atomic E-state index is 0.305. The summed E-state index contributed by atoms with van der Waals surface area (Å²) in [5, 5.41) is 9.86. The summed E-state index contributed by atoms with van der Waals surface area (Å²) in [6.45, 7) is 5.55. The maximum Gasteiger partial charge on any atom is 0.131 e. The van der Waals surface area contributed by atoms with Gasteiger partial charge < -0.3 is 10.0 Å². The first kappa shape index (κ1) is 14.8. The molecule has 1 atom stereocenters. The average Bonchev–Trinajstić information content (AvgIpc) is 3.01. The first-order valence-electron chi connectivity index (χ1n) is 8.12. The molecule has 1 saturated heterocycles. The van der Waals surface area contributed by atoms with Gasteiger partial charge in [0, 0.05) is 43.5 Å². The van der Waals surface area contributed by atoms with Crippen LogP contribution in [0.4, 0.5) is 10.1 Å². The van der Waals surface area contributed by atoms with Crippen molar-refractivity contribution in [2.75, 3.05) is 31.1 Å². The zero-order chi connectivity index (χ0) is 14.8. The van der Waals surface area contributed by atoms with Crippen molar-refractivity contribution in [2.24, 2.45) is 0 Å². The molecular formula is C17H25FN2O. The molecule has 0 spiro atoms. The van der Waals surface area contributed by atoms with Crippen LogP contribution in [0.5, 0.6) is 0 Å². The number of aliphatic hydroxyl groups is 1. The van der Waals surface area contributed by atoms with Gasteiger partial charge in [0.05, 0.1) is 6.10 Å². The lowest BCUT2D eigenvalue weighted by Gasteiger charge is -2.40. The van der Waals surface area contributed by atoms with E-state index >= 15 is 0 Å². The Bertz CT molecular complexity index is 478. The number of nitrogens with zero attached hydrogens (tertiary/aromatic N) is 2. The molecule has 0 bridgehead atoms. The predicted molar refractivity (Wildman–Crippen MR) is 83.1 cm³/mol. The summed E-state index contributed by atoms with van der Waals surface area (Å²) in [6.07, 6.45) is 4.62. The van der Waals surface area contributed by atoms with E-state index in [1.54, 1.807) is 13.0 Å². The number of aliphatic hydroxyl groups excluding tert-OH is 1. The molecule has 0 unspecified atom stereocenters. The van der Waals surface area contributed by atoms with Gasteiger partial charge in [0.1, 0.15) is 5.82 Å². The van der Waals surface area contributed by atoms with Crippen molar-refractivity contribution >= 4 is 5.69 Å². The summed E-state index contributed by atoms with van der Waals surface area (Å²) in [7, 11) is 0. The van der Waals surface area contributed by atoms with Crippen LogP contribution in [0.15, 0.2) is 18.2 Å². The van der Waals surface area contributed by atoms with Gasteiger partial charge in [-0.15, -0.1) is 0 Å². The molecule has 1 heterocycles. The van der Waals surface area contributed by atoms with Crippen molar-refractivity contribution in [3.05, 3.63) is 29.6 Å². The average molecular weight is 292 g/mol. The molecule has 1 saturated carbocycles. The topological polar surface area (TPSA) is 26.7 Å². The van der Waals surface area contributed by atoms with Crippen LogP contribution >= 0.6 is 0 Å². The smallest absolute Gasteiger partial charge is 0.131 e. The lowest BCUT2D eigenvalue weighted by molar-refractivity contribution is 0.183. The van der Waals surface area contributed by atoms with Gasteiger partial charge in [-0.1, -0.05) is 18.9 Å². The minimum Gasteiger partial charge on any atom is -0.389 e. The van der Waals surface area contributed by atoms with Gasteiger partial charge in [-0.05, 0) is 31.9 Å². The summed E-state index contributed by atoms with van der Waals surface area (Å²) in [5.41, 5.74) is 1.29. The van der Waals surface area contributed by atoms with Gasteiger partial charge in [-0.2, -0.15) is 0 Å². The fraction of sp³-hybridized carbons (Fsp3) is 0.647. The zero-order valence-electron chi connectivity index (χ0n) is 12.8. The normalized spacial score (nSPS) is 22.7.